The molecule has 1 aliphatic heterocycles. The Morgan fingerprint density at radius 1 is 0.774 bits per heavy atom. The molecule has 0 unspecified atom stereocenters. The molecule has 31 heavy (non-hydrogen) atoms. The summed E-state index contributed by atoms with van der Waals surface area (Å²) in [6.07, 6.45) is 3.58. The van der Waals surface area contributed by atoms with Gasteiger partial charge in [0.1, 0.15) is 5.82 Å². The van der Waals surface area contributed by atoms with Crippen LogP contribution in [0.1, 0.15) is 25.0 Å². The van der Waals surface area contributed by atoms with E-state index in [0.29, 0.717) is 0 Å². The number of para-hydroxylation sites is 2. The molecule has 6 rings (SSSR count). The maximum Gasteiger partial charge on any atom is 0.138 e. The van der Waals surface area contributed by atoms with E-state index in [1.54, 1.807) is 6.20 Å². The van der Waals surface area contributed by atoms with Crippen molar-refractivity contribution in [1.29, 1.82) is 0 Å². The third-order valence-corrected chi connectivity index (χ3v) is 6.32. The Balaban J connectivity index is 1.47. The van der Waals surface area contributed by atoms with Gasteiger partial charge in [-0.15, -0.1) is 0 Å². The van der Waals surface area contributed by atoms with Gasteiger partial charge >= 0.3 is 0 Å². The van der Waals surface area contributed by atoms with E-state index in [1.165, 1.54) is 22.5 Å². The van der Waals surface area contributed by atoms with E-state index in [9.17, 15) is 0 Å². The Bertz CT molecular complexity index is 1330. The topological polar surface area (TPSA) is 44.8 Å². The van der Waals surface area contributed by atoms with Crippen molar-refractivity contribution in [2.45, 2.75) is 19.3 Å². The predicted octanol–water partition coefficient (Wildman–Crippen LogP) is 6.73. The first kappa shape index (κ1) is 17.9. The van der Waals surface area contributed by atoms with E-state index < -0.39 is 0 Å². The summed E-state index contributed by atoms with van der Waals surface area (Å²) in [4.78, 5) is 14.6. The van der Waals surface area contributed by atoms with E-state index in [-0.39, 0.29) is 5.41 Å². The molecule has 0 spiro atoms. The number of aromatic nitrogens is 3. The molecular weight excluding hydrogens is 380 g/mol. The monoisotopic (exact) mass is 402 g/mol. The van der Waals surface area contributed by atoms with Crippen molar-refractivity contribution in [1.82, 2.24) is 15.0 Å². The van der Waals surface area contributed by atoms with Crippen molar-refractivity contribution in [3.63, 3.8) is 0 Å². The zero-order chi connectivity index (χ0) is 21.0. The molecule has 0 fully saturated rings. The van der Waals surface area contributed by atoms with Crippen LogP contribution < -0.4 is 4.90 Å². The summed E-state index contributed by atoms with van der Waals surface area (Å²) in [5.41, 5.74) is 9.15. The lowest BCUT2D eigenvalue weighted by molar-refractivity contribution is 0.632. The Hall–Kier alpha value is -3.92. The van der Waals surface area contributed by atoms with Gasteiger partial charge in [-0.3, -0.25) is 4.98 Å². The average molecular weight is 403 g/mol. The van der Waals surface area contributed by atoms with Crippen LogP contribution in [-0.2, 0) is 5.41 Å². The van der Waals surface area contributed by atoms with Gasteiger partial charge in [0.2, 0.25) is 0 Å². The summed E-state index contributed by atoms with van der Waals surface area (Å²) >= 11 is 0. The molecule has 1 N–H and O–H groups in total. The standard InChI is InChI=1S/C27H22N4/c1-27(2)20-7-3-5-9-24(20)31(25-10-6-4-8-21(25)27)19-13-11-18(12-14-19)26-29-22-15-16-28-17-23(22)30-26/h3-17H,1-2H3,(H,29,30). The molecule has 0 atom stereocenters. The highest BCUT2D eigenvalue weighted by Crippen LogP contribution is 2.51. The van der Waals surface area contributed by atoms with Gasteiger partial charge in [-0.2, -0.15) is 0 Å². The molecule has 0 amide bonds. The number of H-pyrrole nitrogens is 1. The Morgan fingerprint density at radius 2 is 1.42 bits per heavy atom. The predicted molar refractivity (Wildman–Crippen MR) is 126 cm³/mol. The number of nitrogens with zero attached hydrogens (tertiary/aromatic N) is 3. The van der Waals surface area contributed by atoms with Gasteiger partial charge in [-0.05, 0) is 53.6 Å². The van der Waals surface area contributed by atoms with E-state index in [0.717, 1.165) is 28.1 Å². The highest BCUT2D eigenvalue weighted by molar-refractivity contribution is 5.86. The fraction of sp³-hybridized carbons (Fsp3) is 0.111. The van der Waals surface area contributed by atoms with Crippen LogP contribution in [0.4, 0.5) is 17.1 Å². The molecule has 4 nitrogen and oxygen atoms in total. The minimum Gasteiger partial charge on any atom is -0.337 e. The molecule has 0 saturated carbocycles. The lowest BCUT2D eigenvalue weighted by Gasteiger charge is -2.42. The van der Waals surface area contributed by atoms with E-state index in [2.05, 4.69) is 102 Å². The number of anilines is 3. The van der Waals surface area contributed by atoms with Crippen LogP contribution in [0.2, 0.25) is 0 Å². The maximum atomic E-state index is 4.71. The SMILES string of the molecule is CC1(C)c2ccccc2N(c2ccc(-c3nc4ccncc4[nH]3)cc2)c2ccccc21. The summed E-state index contributed by atoms with van der Waals surface area (Å²) in [5, 5.41) is 0. The van der Waals surface area contributed by atoms with E-state index in [4.69, 9.17) is 4.98 Å². The number of aromatic amines is 1. The molecule has 0 radical (unpaired) electrons. The first-order valence-corrected chi connectivity index (χ1v) is 10.5. The Morgan fingerprint density at radius 3 is 2.06 bits per heavy atom. The molecule has 1 aliphatic rings. The average Bonchev–Trinajstić information content (AvgIpc) is 3.24. The van der Waals surface area contributed by atoms with Crippen LogP contribution in [-0.4, -0.2) is 15.0 Å². The van der Waals surface area contributed by atoms with Crippen molar-refractivity contribution >= 4 is 28.1 Å². The number of fused-ring (bicyclic) bond motifs is 3. The van der Waals surface area contributed by atoms with Gasteiger partial charge in [0, 0.05) is 22.9 Å². The molecule has 3 heterocycles. The summed E-state index contributed by atoms with van der Waals surface area (Å²) in [6, 6.07) is 27.9. The first-order valence-electron chi connectivity index (χ1n) is 10.5. The molecule has 5 aromatic rings. The number of benzene rings is 3. The highest BCUT2D eigenvalue weighted by Gasteiger charge is 2.36. The second kappa shape index (κ2) is 6.54. The van der Waals surface area contributed by atoms with Crippen LogP contribution in [0.25, 0.3) is 22.4 Å². The molecule has 0 saturated heterocycles. The second-order valence-electron chi connectivity index (χ2n) is 8.52. The van der Waals surface area contributed by atoms with E-state index >= 15 is 0 Å². The van der Waals surface area contributed by atoms with Crippen molar-refractivity contribution < 1.29 is 0 Å². The van der Waals surface area contributed by atoms with Crippen LogP contribution >= 0.6 is 0 Å². The lowest BCUT2D eigenvalue weighted by Crippen LogP contribution is -2.30. The quantitative estimate of drug-likeness (QED) is 0.356. The van der Waals surface area contributed by atoms with Gasteiger partial charge in [0.25, 0.3) is 0 Å². The number of pyridine rings is 1. The van der Waals surface area contributed by atoms with Crippen molar-refractivity contribution in [2.24, 2.45) is 0 Å². The van der Waals surface area contributed by atoms with Gasteiger partial charge in [-0.1, -0.05) is 50.2 Å². The third kappa shape index (κ3) is 2.68. The summed E-state index contributed by atoms with van der Waals surface area (Å²) < 4.78 is 0. The number of nitrogens with one attached hydrogen (secondary N) is 1. The molecule has 0 bridgehead atoms. The van der Waals surface area contributed by atoms with E-state index in [1.807, 2.05) is 12.3 Å². The van der Waals surface area contributed by atoms with Crippen LogP contribution in [0.5, 0.6) is 0 Å². The zero-order valence-corrected chi connectivity index (χ0v) is 17.5. The molecule has 150 valence electrons. The first-order chi connectivity index (χ1) is 15.1. The van der Waals surface area contributed by atoms with Crippen LogP contribution in [0, 0.1) is 0 Å². The fourth-order valence-electron chi connectivity index (χ4n) is 4.71. The summed E-state index contributed by atoms with van der Waals surface area (Å²) in [5.74, 6) is 0.857. The number of rotatable bonds is 2. The van der Waals surface area contributed by atoms with Crippen molar-refractivity contribution in [3.8, 4) is 11.4 Å². The summed E-state index contributed by atoms with van der Waals surface area (Å²) in [7, 11) is 0. The van der Waals surface area contributed by atoms with Crippen LogP contribution in [0.3, 0.4) is 0 Å². The normalized spacial score (nSPS) is 14.3. The second-order valence-corrected chi connectivity index (χ2v) is 8.52. The molecule has 3 aromatic carbocycles. The third-order valence-electron chi connectivity index (χ3n) is 6.32. The van der Waals surface area contributed by atoms with Crippen molar-refractivity contribution in [2.75, 3.05) is 4.90 Å². The van der Waals surface area contributed by atoms with Crippen molar-refractivity contribution in [3.05, 3.63) is 102 Å². The Kier molecular flexibility index (Phi) is 3.78. The van der Waals surface area contributed by atoms with Gasteiger partial charge < -0.3 is 9.88 Å². The van der Waals surface area contributed by atoms with Crippen LogP contribution in [0.15, 0.2) is 91.3 Å². The Labute approximate surface area is 181 Å². The molecular formula is C27H22N4. The smallest absolute Gasteiger partial charge is 0.138 e. The minimum atomic E-state index is -0.0497. The number of hydrogen-bond donors (Lipinski definition) is 1. The molecule has 2 aromatic heterocycles. The zero-order valence-electron chi connectivity index (χ0n) is 17.5. The lowest BCUT2D eigenvalue weighted by atomic mass is 9.73. The summed E-state index contributed by atoms with van der Waals surface area (Å²) in [6.45, 7) is 4.61. The highest BCUT2D eigenvalue weighted by atomic mass is 15.2. The minimum absolute atomic E-state index is 0.0497. The number of imidazole rings is 1. The van der Waals surface area contributed by atoms with Gasteiger partial charge in [-0.25, -0.2) is 4.98 Å². The van der Waals surface area contributed by atoms with Gasteiger partial charge in [0.05, 0.1) is 28.6 Å². The van der Waals surface area contributed by atoms with Gasteiger partial charge in [0.15, 0.2) is 0 Å². The molecule has 4 heteroatoms. The largest absolute Gasteiger partial charge is 0.337 e. The fourth-order valence-corrected chi connectivity index (χ4v) is 4.71. The number of hydrogen-bond acceptors (Lipinski definition) is 3. The molecule has 0 aliphatic carbocycles. The maximum absolute atomic E-state index is 4.71.